The normalized spacial score (nSPS) is 12.5. The lowest BCUT2D eigenvalue weighted by atomic mass is 10.2. The van der Waals surface area contributed by atoms with Gasteiger partial charge in [0.1, 0.15) is 11.0 Å². The minimum absolute atomic E-state index is 0.193. The van der Waals surface area contributed by atoms with Crippen molar-refractivity contribution in [3.05, 3.63) is 11.2 Å². The molecule has 96 valence electrons. The van der Waals surface area contributed by atoms with Gasteiger partial charge in [-0.05, 0) is 13.3 Å². The Morgan fingerprint density at radius 1 is 1.53 bits per heavy atom. The molecular formula is C11H19ClN4O. The zero-order valence-corrected chi connectivity index (χ0v) is 11.2. The van der Waals surface area contributed by atoms with Gasteiger partial charge in [-0.15, -0.1) is 0 Å². The van der Waals surface area contributed by atoms with Crippen LogP contribution in [0.2, 0.25) is 5.15 Å². The molecule has 6 heteroatoms. The predicted octanol–water partition coefficient (Wildman–Crippen LogP) is 1.96. The number of rotatable bonds is 6. The molecule has 0 radical (unpaired) electrons. The van der Waals surface area contributed by atoms with E-state index in [0.717, 1.165) is 18.8 Å². The van der Waals surface area contributed by atoms with E-state index in [-0.39, 0.29) is 5.95 Å². The van der Waals surface area contributed by atoms with Gasteiger partial charge in [-0.3, -0.25) is 0 Å². The highest BCUT2D eigenvalue weighted by Gasteiger charge is 2.15. The molecule has 0 spiro atoms. The first kappa shape index (κ1) is 14.0. The number of anilines is 2. The number of hydrogen-bond donors (Lipinski definition) is 1. The molecule has 0 saturated heterocycles. The zero-order chi connectivity index (χ0) is 12.8. The number of ether oxygens (including phenoxy) is 1. The van der Waals surface area contributed by atoms with E-state index < -0.39 is 0 Å². The van der Waals surface area contributed by atoms with E-state index in [1.165, 1.54) is 0 Å². The van der Waals surface area contributed by atoms with E-state index >= 15 is 0 Å². The van der Waals surface area contributed by atoms with Gasteiger partial charge in [-0.2, -0.15) is 4.98 Å². The number of nitrogens with zero attached hydrogens (tertiary/aromatic N) is 3. The lowest BCUT2D eigenvalue weighted by molar-refractivity contribution is 0.203. The Labute approximate surface area is 107 Å². The first-order chi connectivity index (χ1) is 8.08. The van der Waals surface area contributed by atoms with Crippen molar-refractivity contribution >= 4 is 23.4 Å². The quantitative estimate of drug-likeness (QED) is 0.791. The van der Waals surface area contributed by atoms with Crippen LogP contribution < -0.4 is 10.6 Å². The molecule has 17 heavy (non-hydrogen) atoms. The van der Waals surface area contributed by atoms with Crippen LogP contribution in [-0.4, -0.2) is 36.3 Å². The number of halogens is 1. The van der Waals surface area contributed by atoms with Crippen LogP contribution >= 0.6 is 11.6 Å². The molecule has 0 aliphatic carbocycles. The lowest BCUT2D eigenvalue weighted by Gasteiger charge is -2.29. The molecule has 2 N–H and O–H groups in total. The van der Waals surface area contributed by atoms with Crippen molar-refractivity contribution in [1.29, 1.82) is 0 Å². The summed E-state index contributed by atoms with van der Waals surface area (Å²) in [6, 6.07) is 2.07. The van der Waals surface area contributed by atoms with E-state index in [1.54, 1.807) is 13.2 Å². The third-order valence-electron chi connectivity index (χ3n) is 2.65. The van der Waals surface area contributed by atoms with E-state index in [2.05, 4.69) is 28.7 Å². The van der Waals surface area contributed by atoms with Crippen LogP contribution in [0.3, 0.4) is 0 Å². The average molecular weight is 259 g/mol. The average Bonchev–Trinajstić information content (AvgIpc) is 2.28. The number of methoxy groups -OCH3 is 1. The third-order valence-corrected chi connectivity index (χ3v) is 2.85. The number of hydrogen-bond acceptors (Lipinski definition) is 5. The summed E-state index contributed by atoms with van der Waals surface area (Å²) < 4.78 is 5.10. The molecule has 1 unspecified atom stereocenters. The number of nitrogens with two attached hydrogens (primary N) is 1. The minimum Gasteiger partial charge on any atom is -0.383 e. The van der Waals surface area contributed by atoms with Crippen molar-refractivity contribution < 1.29 is 4.74 Å². The fourth-order valence-corrected chi connectivity index (χ4v) is 1.72. The Hall–Kier alpha value is -1.07. The zero-order valence-electron chi connectivity index (χ0n) is 10.5. The van der Waals surface area contributed by atoms with Gasteiger partial charge in [0.25, 0.3) is 0 Å². The van der Waals surface area contributed by atoms with E-state index in [0.29, 0.717) is 17.8 Å². The first-order valence-corrected chi connectivity index (χ1v) is 6.02. The molecule has 0 aliphatic heterocycles. The van der Waals surface area contributed by atoms with E-state index in [9.17, 15) is 0 Å². The van der Waals surface area contributed by atoms with Gasteiger partial charge < -0.3 is 15.4 Å². The van der Waals surface area contributed by atoms with Crippen LogP contribution in [0.25, 0.3) is 0 Å². The molecular weight excluding hydrogens is 240 g/mol. The molecule has 1 rings (SSSR count). The molecule has 1 aromatic heterocycles. The Kier molecular flexibility index (Phi) is 5.44. The van der Waals surface area contributed by atoms with Gasteiger partial charge in [-0.25, -0.2) is 4.98 Å². The Morgan fingerprint density at radius 3 is 2.76 bits per heavy atom. The summed E-state index contributed by atoms with van der Waals surface area (Å²) in [6.45, 7) is 5.63. The second-order valence-corrected chi connectivity index (χ2v) is 4.24. The first-order valence-electron chi connectivity index (χ1n) is 5.64. The SMILES string of the molecule is CCC(C)N(CCOC)c1cc(Cl)nc(N)n1. The van der Waals surface area contributed by atoms with Crippen molar-refractivity contribution in [1.82, 2.24) is 9.97 Å². The lowest BCUT2D eigenvalue weighted by Crippen LogP contribution is -2.36. The number of nitrogen functional groups attached to an aromatic ring is 1. The number of aromatic nitrogens is 2. The predicted molar refractivity (Wildman–Crippen MR) is 70.4 cm³/mol. The van der Waals surface area contributed by atoms with Gasteiger partial charge in [0.15, 0.2) is 0 Å². The maximum atomic E-state index is 5.89. The molecule has 1 heterocycles. The van der Waals surface area contributed by atoms with E-state index in [1.807, 2.05) is 0 Å². The third kappa shape index (κ3) is 4.02. The Balaban J connectivity index is 2.94. The highest BCUT2D eigenvalue weighted by atomic mass is 35.5. The largest absolute Gasteiger partial charge is 0.383 e. The summed E-state index contributed by atoms with van der Waals surface area (Å²) in [5, 5.41) is 0.359. The fraction of sp³-hybridized carbons (Fsp3) is 0.636. The van der Waals surface area contributed by atoms with Gasteiger partial charge >= 0.3 is 0 Å². The Bertz CT molecular complexity index is 341. The second-order valence-electron chi connectivity index (χ2n) is 3.85. The molecule has 5 nitrogen and oxygen atoms in total. The summed E-state index contributed by atoms with van der Waals surface area (Å²) in [5.41, 5.74) is 5.60. The summed E-state index contributed by atoms with van der Waals surface area (Å²) in [7, 11) is 1.68. The van der Waals surface area contributed by atoms with Gasteiger partial charge in [0.2, 0.25) is 5.95 Å². The van der Waals surface area contributed by atoms with Crippen LogP contribution in [0.4, 0.5) is 11.8 Å². The summed E-state index contributed by atoms with van der Waals surface area (Å²) in [4.78, 5) is 10.2. The molecule has 1 atom stereocenters. The summed E-state index contributed by atoms with van der Waals surface area (Å²) >= 11 is 5.89. The second kappa shape index (κ2) is 6.61. The van der Waals surface area contributed by atoms with Crippen molar-refractivity contribution in [2.24, 2.45) is 0 Å². The molecule has 1 aromatic rings. The summed E-state index contributed by atoms with van der Waals surface area (Å²) in [6.07, 6.45) is 1.01. The highest BCUT2D eigenvalue weighted by Crippen LogP contribution is 2.20. The minimum atomic E-state index is 0.193. The van der Waals surface area contributed by atoms with Crippen LogP contribution in [0.5, 0.6) is 0 Å². The van der Waals surface area contributed by atoms with Crippen LogP contribution in [0.1, 0.15) is 20.3 Å². The topological polar surface area (TPSA) is 64.3 Å². The van der Waals surface area contributed by atoms with Gasteiger partial charge in [0.05, 0.1) is 6.61 Å². The van der Waals surface area contributed by atoms with E-state index in [4.69, 9.17) is 22.1 Å². The van der Waals surface area contributed by atoms with Crippen molar-refractivity contribution in [2.45, 2.75) is 26.3 Å². The van der Waals surface area contributed by atoms with Crippen LogP contribution in [-0.2, 0) is 4.74 Å². The van der Waals surface area contributed by atoms with Gasteiger partial charge in [0, 0.05) is 25.8 Å². The molecule has 0 aliphatic rings. The standard InChI is InChI=1S/C11H19ClN4O/c1-4-8(2)16(5-6-17-3)10-7-9(12)14-11(13)15-10/h7-8H,4-6H2,1-3H3,(H2,13,14,15). The van der Waals surface area contributed by atoms with Crippen LogP contribution in [0, 0.1) is 0 Å². The smallest absolute Gasteiger partial charge is 0.223 e. The maximum absolute atomic E-state index is 5.89. The monoisotopic (exact) mass is 258 g/mol. The molecule has 0 bridgehead atoms. The van der Waals surface area contributed by atoms with Crippen molar-refractivity contribution in [2.75, 3.05) is 30.9 Å². The fourth-order valence-electron chi connectivity index (χ4n) is 1.54. The molecule has 0 fully saturated rings. The highest BCUT2D eigenvalue weighted by molar-refractivity contribution is 6.29. The Morgan fingerprint density at radius 2 is 2.24 bits per heavy atom. The van der Waals surface area contributed by atoms with Crippen LogP contribution in [0.15, 0.2) is 6.07 Å². The molecule has 0 aromatic carbocycles. The van der Waals surface area contributed by atoms with Crippen molar-refractivity contribution in [3.8, 4) is 0 Å². The van der Waals surface area contributed by atoms with Gasteiger partial charge in [-0.1, -0.05) is 18.5 Å². The summed E-state index contributed by atoms with van der Waals surface area (Å²) in [5.74, 6) is 0.937. The van der Waals surface area contributed by atoms with Crippen molar-refractivity contribution in [3.63, 3.8) is 0 Å². The molecule has 0 amide bonds. The maximum Gasteiger partial charge on any atom is 0.223 e. The molecule has 0 saturated carbocycles.